The topological polar surface area (TPSA) is 100.0 Å². The molecule has 0 atom stereocenters. The Balaban J connectivity index is 1.94. The van der Waals surface area contributed by atoms with Crippen LogP contribution in [-0.4, -0.2) is 27.2 Å². The molecule has 22 heavy (non-hydrogen) atoms. The number of nitrogens with zero attached hydrogens (tertiary/aromatic N) is 4. The van der Waals surface area contributed by atoms with Gasteiger partial charge in [-0.05, 0) is 19.1 Å². The Hall–Kier alpha value is -2.80. The Morgan fingerprint density at radius 1 is 1.27 bits per heavy atom. The smallest absolute Gasteiger partial charge is 0.258 e. The highest BCUT2D eigenvalue weighted by Crippen LogP contribution is 2.25. The van der Waals surface area contributed by atoms with Crippen LogP contribution in [0.3, 0.4) is 0 Å². The zero-order valence-electron chi connectivity index (χ0n) is 12.3. The summed E-state index contributed by atoms with van der Waals surface area (Å²) < 4.78 is 10.3. The minimum Gasteiger partial charge on any atom is -0.383 e. The third-order valence-corrected chi connectivity index (χ3v) is 3.07. The van der Waals surface area contributed by atoms with Crippen LogP contribution < -0.4 is 5.73 Å². The number of hydrogen-bond donors (Lipinski definition) is 1. The predicted molar refractivity (Wildman–Crippen MR) is 80.6 cm³/mol. The molecule has 1 aromatic carbocycles. The van der Waals surface area contributed by atoms with Crippen molar-refractivity contribution in [3.63, 3.8) is 0 Å². The highest BCUT2D eigenvalue weighted by molar-refractivity contribution is 5.68. The number of aromatic nitrogens is 4. The molecule has 7 heteroatoms. The maximum atomic E-state index is 5.93. The van der Waals surface area contributed by atoms with Gasteiger partial charge in [-0.3, -0.25) is 0 Å². The molecule has 0 bridgehead atoms. The molecule has 0 aliphatic heterocycles. The number of nitrogens with two attached hydrogens (primary N) is 1. The normalized spacial score (nSPS) is 10.8. The number of aryl methyl sites for hydroxylation is 1. The van der Waals surface area contributed by atoms with Gasteiger partial charge >= 0.3 is 0 Å². The van der Waals surface area contributed by atoms with E-state index in [2.05, 4.69) is 20.1 Å². The fourth-order valence-electron chi connectivity index (χ4n) is 2.03. The monoisotopic (exact) mass is 297 g/mol. The molecule has 0 saturated carbocycles. The van der Waals surface area contributed by atoms with Gasteiger partial charge < -0.3 is 15.0 Å². The van der Waals surface area contributed by atoms with Crippen molar-refractivity contribution in [2.24, 2.45) is 0 Å². The first-order chi connectivity index (χ1) is 10.7. The lowest BCUT2D eigenvalue weighted by atomic mass is 10.1. The summed E-state index contributed by atoms with van der Waals surface area (Å²) in [4.78, 5) is 12.7. The zero-order valence-corrected chi connectivity index (χ0v) is 12.3. The first-order valence-corrected chi connectivity index (χ1v) is 6.69. The van der Waals surface area contributed by atoms with Gasteiger partial charge in [0.15, 0.2) is 5.82 Å². The second-order valence-electron chi connectivity index (χ2n) is 4.81. The summed E-state index contributed by atoms with van der Waals surface area (Å²) in [5.74, 6) is 1.59. The van der Waals surface area contributed by atoms with Crippen LogP contribution in [0.5, 0.6) is 0 Å². The number of methoxy groups -OCH3 is 1. The molecule has 0 fully saturated rings. The molecule has 0 amide bonds. The van der Waals surface area contributed by atoms with Crippen molar-refractivity contribution in [1.29, 1.82) is 0 Å². The molecule has 112 valence electrons. The Kier molecular flexibility index (Phi) is 3.80. The van der Waals surface area contributed by atoms with Crippen molar-refractivity contribution in [2.75, 3.05) is 12.8 Å². The van der Waals surface area contributed by atoms with Crippen LogP contribution in [0.1, 0.15) is 11.4 Å². The standard InChI is InChI=1S/C15H15N5O2/c1-9-4-3-5-10(6-9)15-19-14(20-22-15)11-7-17-12(8-21-2)18-13(11)16/h3-7H,8H2,1-2H3,(H2,16,17,18). The third-order valence-electron chi connectivity index (χ3n) is 3.07. The molecule has 0 saturated heterocycles. The number of ether oxygens (including phenoxy) is 1. The largest absolute Gasteiger partial charge is 0.383 e. The van der Waals surface area contributed by atoms with E-state index in [9.17, 15) is 0 Å². The molecule has 7 nitrogen and oxygen atoms in total. The van der Waals surface area contributed by atoms with Gasteiger partial charge in [-0.2, -0.15) is 4.98 Å². The second-order valence-corrected chi connectivity index (χ2v) is 4.81. The summed E-state index contributed by atoms with van der Waals surface area (Å²) in [6.07, 6.45) is 1.57. The van der Waals surface area contributed by atoms with E-state index in [1.807, 2.05) is 31.2 Å². The van der Waals surface area contributed by atoms with Crippen LogP contribution in [0.4, 0.5) is 5.82 Å². The number of rotatable bonds is 4. The lowest BCUT2D eigenvalue weighted by Crippen LogP contribution is -2.03. The van der Waals surface area contributed by atoms with E-state index in [0.29, 0.717) is 35.5 Å². The SMILES string of the molecule is COCc1ncc(-c2noc(-c3cccc(C)c3)n2)c(N)n1. The highest BCUT2D eigenvalue weighted by atomic mass is 16.5. The minimum atomic E-state index is 0.290. The molecule has 0 aliphatic carbocycles. The Labute approximate surface area is 127 Å². The molecule has 2 heterocycles. The van der Waals surface area contributed by atoms with Gasteiger partial charge in [-0.25, -0.2) is 9.97 Å². The van der Waals surface area contributed by atoms with Crippen LogP contribution in [0.2, 0.25) is 0 Å². The average molecular weight is 297 g/mol. The fraction of sp³-hybridized carbons (Fsp3) is 0.200. The van der Waals surface area contributed by atoms with E-state index < -0.39 is 0 Å². The van der Waals surface area contributed by atoms with Crippen molar-refractivity contribution in [3.05, 3.63) is 41.9 Å². The van der Waals surface area contributed by atoms with Crippen LogP contribution in [0.25, 0.3) is 22.8 Å². The molecule has 0 aliphatic rings. The molecule has 3 aromatic rings. The summed E-state index contributed by atoms with van der Waals surface area (Å²) in [7, 11) is 1.57. The van der Waals surface area contributed by atoms with Gasteiger partial charge in [0.2, 0.25) is 5.82 Å². The lowest BCUT2D eigenvalue weighted by molar-refractivity contribution is 0.178. The molecular weight excluding hydrogens is 282 g/mol. The van der Waals surface area contributed by atoms with E-state index in [1.54, 1.807) is 13.3 Å². The average Bonchev–Trinajstić information content (AvgIpc) is 2.97. The van der Waals surface area contributed by atoms with E-state index >= 15 is 0 Å². The summed E-state index contributed by atoms with van der Waals surface area (Å²) in [6.45, 7) is 2.30. The summed E-state index contributed by atoms with van der Waals surface area (Å²) >= 11 is 0. The number of anilines is 1. The maximum Gasteiger partial charge on any atom is 0.258 e. The number of hydrogen-bond acceptors (Lipinski definition) is 7. The maximum absolute atomic E-state index is 5.93. The van der Waals surface area contributed by atoms with E-state index in [1.165, 1.54) is 0 Å². The second kappa shape index (κ2) is 5.90. The summed E-state index contributed by atoms with van der Waals surface area (Å²) in [6, 6.07) is 7.82. The molecule has 0 unspecified atom stereocenters. The summed E-state index contributed by atoms with van der Waals surface area (Å²) in [5, 5.41) is 3.95. The van der Waals surface area contributed by atoms with Crippen LogP contribution in [0.15, 0.2) is 35.0 Å². The number of nitrogen functional groups attached to an aromatic ring is 1. The van der Waals surface area contributed by atoms with Gasteiger partial charge in [0.1, 0.15) is 12.4 Å². The van der Waals surface area contributed by atoms with Gasteiger partial charge in [0, 0.05) is 18.9 Å². The van der Waals surface area contributed by atoms with Crippen molar-refractivity contribution in [1.82, 2.24) is 20.1 Å². The van der Waals surface area contributed by atoms with Crippen molar-refractivity contribution < 1.29 is 9.26 Å². The predicted octanol–water partition coefficient (Wildman–Crippen LogP) is 2.23. The summed E-state index contributed by atoms with van der Waals surface area (Å²) in [5.41, 5.74) is 8.43. The number of benzene rings is 1. The van der Waals surface area contributed by atoms with Crippen LogP contribution in [0, 0.1) is 6.92 Å². The van der Waals surface area contributed by atoms with Gasteiger partial charge in [0.25, 0.3) is 5.89 Å². The molecule has 2 N–H and O–H groups in total. The fourth-order valence-corrected chi connectivity index (χ4v) is 2.03. The first-order valence-electron chi connectivity index (χ1n) is 6.69. The van der Waals surface area contributed by atoms with Crippen molar-refractivity contribution >= 4 is 5.82 Å². The highest BCUT2D eigenvalue weighted by Gasteiger charge is 2.15. The van der Waals surface area contributed by atoms with Crippen LogP contribution in [-0.2, 0) is 11.3 Å². The van der Waals surface area contributed by atoms with Gasteiger partial charge in [-0.15, -0.1) is 0 Å². The minimum absolute atomic E-state index is 0.290. The molecule has 0 spiro atoms. The molecule has 2 aromatic heterocycles. The van der Waals surface area contributed by atoms with Crippen molar-refractivity contribution in [2.45, 2.75) is 13.5 Å². The van der Waals surface area contributed by atoms with E-state index in [4.69, 9.17) is 15.0 Å². The zero-order chi connectivity index (χ0) is 15.5. The van der Waals surface area contributed by atoms with E-state index in [0.717, 1.165) is 11.1 Å². The Morgan fingerprint density at radius 2 is 2.14 bits per heavy atom. The third kappa shape index (κ3) is 2.79. The molecule has 0 radical (unpaired) electrons. The first kappa shape index (κ1) is 14.2. The molecule has 3 rings (SSSR count). The van der Waals surface area contributed by atoms with Gasteiger partial charge in [-0.1, -0.05) is 22.9 Å². The van der Waals surface area contributed by atoms with Crippen molar-refractivity contribution in [3.8, 4) is 22.8 Å². The van der Waals surface area contributed by atoms with Crippen LogP contribution >= 0.6 is 0 Å². The molecular formula is C15H15N5O2. The lowest BCUT2D eigenvalue weighted by Gasteiger charge is -2.02. The Bertz CT molecular complexity index is 800. The Morgan fingerprint density at radius 3 is 2.86 bits per heavy atom. The van der Waals surface area contributed by atoms with E-state index in [-0.39, 0.29) is 0 Å². The van der Waals surface area contributed by atoms with Gasteiger partial charge in [0.05, 0.1) is 5.56 Å². The quantitative estimate of drug-likeness (QED) is 0.788.